The molecule has 2 N–H and O–H groups in total. The zero-order chi connectivity index (χ0) is 15.4. The number of benzene rings is 2. The number of hydrogen-bond acceptors (Lipinski definition) is 2. The summed E-state index contributed by atoms with van der Waals surface area (Å²) in [4.78, 5) is 1.92. The maximum atomic E-state index is 13.9. The van der Waals surface area contributed by atoms with Crippen molar-refractivity contribution < 1.29 is 8.78 Å². The second-order valence-corrected chi connectivity index (χ2v) is 5.86. The molecule has 0 fully saturated rings. The molecule has 2 rings (SSSR count). The minimum Gasteiger partial charge on any atom is -0.329 e. The highest BCUT2D eigenvalue weighted by Gasteiger charge is 2.21. The van der Waals surface area contributed by atoms with Gasteiger partial charge in [-0.15, -0.1) is 0 Å². The first-order valence-corrected chi connectivity index (χ1v) is 7.41. The van der Waals surface area contributed by atoms with E-state index in [-0.39, 0.29) is 18.2 Å². The Kier molecular flexibility index (Phi) is 5.45. The first kappa shape index (κ1) is 16.1. The van der Waals surface area contributed by atoms with Crippen LogP contribution < -0.4 is 5.73 Å². The highest BCUT2D eigenvalue weighted by molar-refractivity contribution is 9.10. The molecule has 2 aromatic rings. The molecule has 112 valence electrons. The average molecular weight is 355 g/mol. The fourth-order valence-electron chi connectivity index (χ4n) is 2.36. The fourth-order valence-corrected chi connectivity index (χ4v) is 2.80. The molecule has 0 aliphatic carbocycles. The van der Waals surface area contributed by atoms with E-state index in [1.54, 1.807) is 6.07 Å². The van der Waals surface area contributed by atoms with Gasteiger partial charge in [0.15, 0.2) is 11.6 Å². The van der Waals surface area contributed by atoms with Crippen molar-refractivity contribution in [2.75, 3.05) is 13.6 Å². The third-order valence-electron chi connectivity index (χ3n) is 3.42. The molecule has 0 aliphatic heterocycles. The molecular weight excluding hydrogens is 338 g/mol. The average Bonchev–Trinajstić information content (AvgIpc) is 2.44. The van der Waals surface area contributed by atoms with Gasteiger partial charge in [0.1, 0.15) is 0 Å². The quantitative estimate of drug-likeness (QED) is 0.883. The minimum atomic E-state index is -0.846. The predicted molar refractivity (Wildman–Crippen MR) is 83.8 cm³/mol. The van der Waals surface area contributed by atoms with Crippen LogP contribution in [0.5, 0.6) is 0 Å². The number of likely N-dealkylation sites (N-methyl/N-ethyl adjacent to an activating group) is 1. The summed E-state index contributed by atoms with van der Waals surface area (Å²) < 4.78 is 28.3. The molecule has 0 spiro atoms. The molecule has 0 bridgehead atoms. The van der Waals surface area contributed by atoms with Gasteiger partial charge in [-0.1, -0.05) is 40.2 Å². The summed E-state index contributed by atoms with van der Waals surface area (Å²) in [5.74, 6) is -1.67. The zero-order valence-corrected chi connectivity index (χ0v) is 13.3. The largest absolute Gasteiger partial charge is 0.329 e. The van der Waals surface area contributed by atoms with E-state index in [1.165, 1.54) is 6.07 Å². The van der Waals surface area contributed by atoms with Crippen LogP contribution in [0.15, 0.2) is 46.9 Å². The third kappa shape index (κ3) is 3.87. The maximum Gasteiger partial charge on any atom is 0.163 e. The van der Waals surface area contributed by atoms with Crippen molar-refractivity contribution >= 4 is 15.9 Å². The van der Waals surface area contributed by atoms with Crippen LogP contribution in [0.25, 0.3) is 0 Å². The first-order chi connectivity index (χ1) is 10.0. The van der Waals surface area contributed by atoms with E-state index in [0.29, 0.717) is 6.54 Å². The number of nitrogens with zero attached hydrogens (tertiary/aromatic N) is 1. The van der Waals surface area contributed by atoms with E-state index >= 15 is 0 Å². The number of halogens is 3. The van der Waals surface area contributed by atoms with Gasteiger partial charge in [0, 0.05) is 23.1 Å². The van der Waals surface area contributed by atoms with Crippen LogP contribution in [0.4, 0.5) is 8.78 Å². The van der Waals surface area contributed by atoms with Crippen molar-refractivity contribution in [2.24, 2.45) is 5.73 Å². The fraction of sp³-hybridized carbons (Fsp3) is 0.250. The van der Waals surface area contributed by atoms with Crippen LogP contribution in [0.1, 0.15) is 17.2 Å². The Labute approximate surface area is 131 Å². The maximum absolute atomic E-state index is 13.9. The highest BCUT2D eigenvalue weighted by atomic mass is 79.9. The van der Waals surface area contributed by atoms with Gasteiger partial charge in [0.25, 0.3) is 0 Å². The van der Waals surface area contributed by atoms with Crippen LogP contribution in [-0.2, 0) is 6.54 Å². The highest BCUT2D eigenvalue weighted by Crippen LogP contribution is 2.25. The molecule has 5 heteroatoms. The van der Waals surface area contributed by atoms with Crippen molar-refractivity contribution in [1.82, 2.24) is 4.90 Å². The van der Waals surface area contributed by atoms with Crippen LogP contribution in [0.3, 0.4) is 0 Å². The Hall–Kier alpha value is -1.30. The summed E-state index contributed by atoms with van der Waals surface area (Å²) in [5.41, 5.74) is 7.13. The lowest BCUT2D eigenvalue weighted by molar-refractivity contribution is 0.235. The first-order valence-electron chi connectivity index (χ1n) is 6.61. The molecule has 1 atom stereocenters. The molecule has 0 amide bonds. The van der Waals surface area contributed by atoms with E-state index in [2.05, 4.69) is 15.9 Å². The van der Waals surface area contributed by atoms with Gasteiger partial charge in [0.2, 0.25) is 0 Å². The summed E-state index contributed by atoms with van der Waals surface area (Å²) in [6.45, 7) is 0.808. The molecule has 0 radical (unpaired) electrons. The van der Waals surface area contributed by atoms with Crippen molar-refractivity contribution in [1.29, 1.82) is 0 Å². The van der Waals surface area contributed by atoms with E-state index < -0.39 is 11.6 Å². The van der Waals surface area contributed by atoms with Crippen LogP contribution in [-0.4, -0.2) is 18.5 Å². The summed E-state index contributed by atoms with van der Waals surface area (Å²) in [5, 5.41) is 0. The molecule has 0 aliphatic rings. The summed E-state index contributed by atoms with van der Waals surface area (Å²) in [7, 11) is 1.85. The van der Waals surface area contributed by atoms with Gasteiger partial charge in [-0.2, -0.15) is 0 Å². The summed E-state index contributed by atoms with van der Waals surface area (Å²) in [6, 6.07) is 11.7. The van der Waals surface area contributed by atoms with Crippen molar-refractivity contribution in [3.8, 4) is 0 Å². The van der Waals surface area contributed by atoms with Gasteiger partial charge in [-0.3, -0.25) is 4.90 Å². The van der Waals surface area contributed by atoms with Crippen LogP contribution >= 0.6 is 15.9 Å². The van der Waals surface area contributed by atoms with Gasteiger partial charge in [-0.05, 0) is 30.8 Å². The van der Waals surface area contributed by atoms with Gasteiger partial charge in [-0.25, -0.2) is 8.78 Å². The Balaban J connectivity index is 2.22. The van der Waals surface area contributed by atoms with Gasteiger partial charge in [0.05, 0.1) is 6.04 Å². The molecule has 0 saturated heterocycles. The van der Waals surface area contributed by atoms with E-state index in [0.717, 1.165) is 16.1 Å². The Bertz CT molecular complexity index is 619. The predicted octanol–water partition coefficient (Wildman–Crippen LogP) is 3.86. The number of nitrogens with two attached hydrogens (primary N) is 1. The molecule has 0 aromatic heterocycles. The standard InChI is InChI=1S/C16H17BrF2N2/c1-21(10-11-4-2-5-12(17)8-11)15(9-20)13-6-3-7-14(18)16(13)19/h2-8,15H,9-10,20H2,1H3. The Morgan fingerprint density at radius 2 is 1.90 bits per heavy atom. The molecular formula is C16H17BrF2N2. The molecule has 0 saturated carbocycles. The topological polar surface area (TPSA) is 29.3 Å². The van der Waals surface area contributed by atoms with Crippen LogP contribution in [0.2, 0.25) is 0 Å². The molecule has 2 aromatic carbocycles. The van der Waals surface area contributed by atoms with Crippen LogP contribution in [0, 0.1) is 11.6 Å². The second kappa shape index (κ2) is 7.11. The number of hydrogen-bond donors (Lipinski definition) is 1. The lowest BCUT2D eigenvalue weighted by atomic mass is 10.0. The van der Waals surface area contributed by atoms with Crippen molar-refractivity contribution in [3.05, 3.63) is 69.7 Å². The van der Waals surface area contributed by atoms with Crippen molar-refractivity contribution in [2.45, 2.75) is 12.6 Å². The Morgan fingerprint density at radius 3 is 2.57 bits per heavy atom. The van der Waals surface area contributed by atoms with E-state index in [9.17, 15) is 8.78 Å². The molecule has 1 unspecified atom stereocenters. The minimum absolute atomic E-state index is 0.213. The second-order valence-electron chi connectivity index (χ2n) is 4.94. The lowest BCUT2D eigenvalue weighted by Crippen LogP contribution is -2.31. The van der Waals surface area contributed by atoms with Gasteiger partial charge >= 0.3 is 0 Å². The monoisotopic (exact) mass is 354 g/mol. The molecule has 0 heterocycles. The normalized spacial score (nSPS) is 12.7. The smallest absolute Gasteiger partial charge is 0.163 e. The Morgan fingerprint density at radius 1 is 1.19 bits per heavy atom. The SMILES string of the molecule is CN(Cc1cccc(Br)c1)C(CN)c1cccc(F)c1F. The summed E-state index contributed by atoms with van der Waals surface area (Å²) in [6.07, 6.45) is 0. The van der Waals surface area contributed by atoms with Crippen molar-refractivity contribution in [3.63, 3.8) is 0 Å². The lowest BCUT2D eigenvalue weighted by Gasteiger charge is -2.27. The van der Waals surface area contributed by atoms with E-state index in [1.807, 2.05) is 36.2 Å². The van der Waals surface area contributed by atoms with E-state index in [4.69, 9.17) is 5.73 Å². The zero-order valence-electron chi connectivity index (χ0n) is 11.7. The third-order valence-corrected chi connectivity index (χ3v) is 3.91. The summed E-state index contributed by atoms with van der Waals surface area (Å²) >= 11 is 3.42. The van der Waals surface area contributed by atoms with Gasteiger partial charge < -0.3 is 5.73 Å². The molecule has 2 nitrogen and oxygen atoms in total. The number of rotatable bonds is 5. The molecule has 21 heavy (non-hydrogen) atoms.